The highest BCUT2D eigenvalue weighted by Crippen LogP contribution is 2.23. The van der Waals surface area contributed by atoms with Crippen molar-refractivity contribution >= 4 is 29.9 Å². The van der Waals surface area contributed by atoms with Gasteiger partial charge in [-0.15, -0.1) is 24.0 Å². The first-order valence-corrected chi connectivity index (χ1v) is 9.39. The van der Waals surface area contributed by atoms with Gasteiger partial charge in [0.05, 0.1) is 12.2 Å². The Balaban J connectivity index is 0.00000280. The molecule has 0 saturated heterocycles. The molecule has 3 rings (SSSR count). The molecule has 5 heteroatoms. The second kappa shape index (κ2) is 12.1. The second-order valence-electron chi connectivity index (χ2n) is 6.27. The number of benzene rings is 2. The van der Waals surface area contributed by atoms with E-state index < -0.39 is 0 Å². The minimum atomic E-state index is 0. The highest BCUT2D eigenvalue weighted by atomic mass is 127. The van der Waals surface area contributed by atoms with Gasteiger partial charge >= 0.3 is 0 Å². The predicted octanol–water partition coefficient (Wildman–Crippen LogP) is 4.59. The van der Waals surface area contributed by atoms with Crippen molar-refractivity contribution < 1.29 is 0 Å². The van der Waals surface area contributed by atoms with Crippen LogP contribution in [0.1, 0.15) is 29.7 Å². The zero-order valence-electron chi connectivity index (χ0n) is 16.1. The van der Waals surface area contributed by atoms with Gasteiger partial charge in [0.1, 0.15) is 0 Å². The van der Waals surface area contributed by atoms with Crippen molar-refractivity contribution in [2.24, 2.45) is 4.99 Å². The number of halogens is 1. The second-order valence-corrected chi connectivity index (χ2v) is 6.27. The van der Waals surface area contributed by atoms with Crippen molar-refractivity contribution in [1.82, 2.24) is 15.6 Å². The lowest BCUT2D eigenvalue weighted by Crippen LogP contribution is -2.39. The van der Waals surface area contributed by atoms with Gasteiger partial charge in [0, 0.05) is 25.2 Å². The highest BCUT2D eigenvalue weighted by molar-refractivity contribution is 14.0. The molecule has 0 spiro atoms. The first-order chi connectivity index (χ1) is 13.4. The van der Waals surface area contributed by atoms with Crippen molar-refractivity contribution in [2.75, 3.05) is 13.1 Å². The molecule has 0 unspecified atom stereocenters. The Kier molecular flexibility index (Phi) is 9.48. The summed E-state index contributed by atoms with van der Waals surface area (Å²) in [7, 11) is 0. The summed E-state index contributed by atoms with van der Waals surface area (Å²) >= 11 is 0. The summed E-state index contributed by atoms with van der Waals surface area (Å²) in [6, 6.07) is 27.1. The average molecular weight is 486 g/mol. The third-order valence-corrected chi connectivity index (χ3v) is 4.35. The topological polar surface area (TPSA) is 49.3 Å². The van der Waals surface area contributed by atoms with Gasteiger partial charge in [0.2, 0.25) is 0 Å². The largest absolute Gasteiger partial charge is 0.357 e. The lowest BCUT2D eigenvalue weighted by Gasteiger charge is -2.20. The van der Waals surface area contributed by atoms with Crippen LogP contribution in [0, 0.1) is 0 Å². The van der Waals surface area contributed by atoms with Crippen molar-refractivity contribution in [2.45, 2.75) is 19.4 Å². The molecule has 4 nitrogen and oxygen atoms in total. The molecule has 2 aromatic carbocycles. The van der Waals surface area contributed by atoms with E-state index in [1.807, 2.05) is 18.2 Å². The van der Waals surface area contributed by atoms with Crippen LogP contribution in [0.25, 0.3) is 0 Å². The van der Waals surface area contributed by atoms with Crippen LogP contribution < -0.4 is 10.6 Å². The van der Waals surface area contributed by atoms with Gasteiger partial charge < -0.3 is 10.6 Å². The maximum absolute atomic E-state index is 4.67. The SMILES string of the molecule is CCNC(=NCc1ccccn1)NCC(c1ccccc1)c1ccccc1.I. The molecule has 1 aromatic heterocycles. The minimum absolute atomic E-state index is 0. The third-order valence-electron chi connectivity index (χ3n) is 4.35. The molecule has 1 heterocycles. The Labute approximate surface area is 184 Å². The Hall–Kier alpha value is -2.41. The molecule has 0 saturated carbocycles. The van der Waals surface area contributed by atoms with E-state index in [0.717, 1.165) is 24.7 Å². The summed E-state index contributed by atoms with van der Waals surface area (Å²) in [6.07, 6.45) is 1.80. The molecule has 0 amide bonds. The zero-order chi connectivity index (χ0) is 18.7. The fourth-order valence-corrected chi connectivity index (χ4v) is 2.99. The van der Waals surface area contributed by atoms with Crippen LogP contribution in [0.2, 0.25) is 0 Å². The van der Waals surface area contributed by atoms with E-state index in [9.17, 15) is 0 Å². The number of hydrogen-bond acceptors (Lipinski definition) is 2. The summed E-state index contributed by atoms with van der Waals surface area (Å²) in [6.45, 7) is 4.21. The van der Waals surface area contributed by atoms with Crippen molar-refractivity contribution in [3.63, 3.8) is 0 Å². The average Bonchev–Trinajstić information content (AvgIpc) is 2.74. The summed E-state index contributed by atoms with van der Waals surface area (Å²) in [5, 5.41) is 6.82. The fraction of sp³-hybridized carbons (Fsp3) is 0.217. The van der Waals surface area contributed by atoms with Crippen LogP contribution in [0.15, 0.2) is 90.1 Å². The summed E-state index contributed by atoms with van der Waals surface area (Å²) in [5.41, 5.74) is 3.53. The quantitative estimate of drug-likeness (QED) is 0.292. The van der Waals surface area contributed by atoms with Crippen LogP contribution in [-0.2, 0) is 6.54 Å². The minimum Gasteiger partial charge on any atom is -0.357 e. The van der Waals surface area contributed by atoms with Crippen molar-refractivity contribution in [3.05, 3.63) is 102 Å². The monoisotopic (exact) mass is 486 g/mol. The van der Waals surface area contributed by atoms with E-state index in [1.54, 1.807) is 6.20 Å². The molecule has 0 bridgehead atoms. The zero-order valence-corrected chi connectivity index (χ0v) is 18.4. The van der Waals surface area contributed by atoms with Crippen molar-refractivity contribution in [3.8, 4) is 0 Å². The highest BCUT2D eigenvalue weighted by Gasteiger charge is 2.14. The number of rotatable bonds is 7. The molecule has 0 aliphatic heterocycles. The van der Waals surface area contributed by atoms with Gasteiger partial charge in [-0.25, -0.2) is 4.99 Å². The van der Waals surface area contributed by atoms with Crippen LogP contribution in [0.4, 0.5) is 0 Å². The van der Waals surface area contributed by atoms with E-state index in [-0.39, 0.29) is 29.9 Å². The van der Waals surface area contributed by atoms with Gasteiger partial charge in [-0.2, -0.15) is 0 Å². The molecular weight excluding hydrogens is 459 g/mol. The molecule has 146 valence electrons. The Morgan fingerprint density at radius 2 is 1.46 bits per heavy atom. The lowest BCUT2D eigenvalue weighted by molar-refractivity contribution is 0.728. The molecular formula is C23H27IN4. The molecule has 0 atom stereocenters. The van der Waals surface area contributed by atoms with Gasteiger partial charge in [-0.1, -0.05) is 66.7 Å². The van der Waals surface area contributed by atoms with E-state index in [1.165, 1.54) is 11.1 Å². The van der Waals surface area contributed by atoms with Crippen LogP contribution in [0.3, 0.4) is 0 Å². The number of aliphatic imine (C=N–C) groups is 1. The number of pyridine rings is 1. The molecule has 2 N–H and O–H groups in total. The van der Waals surface area contributed by atoms with Gasteiger partial charge in [0.15, 0.2) is 5.96 Å². The van der Waals surface area contributed by atoms with Crippen LogP contribution in [-0.4, -0.2) is 24.0 Å². The lowest BCUT2D eigenvalue weighted by atomic mass is 9.91. The van der Waals surface area contributed by atoms with Gasteiger partial charge in [-0.05, 0) is 30.2 Å². The summed E-state index contributed by atoms with van der Waals surface area (Å²) < 4.78 is 0. The van der Waals surface area contributed by atoms with E-state index in [0.29, 0.717) is 6.54 Å². The normalized spacial score (nSPS) is 11.0. The number of nitrogens with one attached hydrogen (secondary N) is 2. The van der Waals surface area contributed by atoms with Gasteiger partial charge in [0.25, 0.3) is 0 Å². The number of nitrogens with zero attached hydrogens (tertiary/aromatic N) is 2. The Bertz CT molecular complexity index is 783. The first-order valence-electron chi connectivity index (χ1n) is 9.39. The van der Waals surface area contributed by atoms with Crippen LogP contribution >= 0.6 is 24.0 Å². The maximum atomic E-state index is 4.67. The maximum Gasteiger partial charge on any atom is 0.191 e. The van der Waals surface area contributed by atoms with Gasteiger partial charge in [-0.3, -0.25) is 4.98 Å². The van der Waals surface area contributed by atoms with E-state index in [4.69, 9.17) is 0 Å². The van der Waals surface area contributed by atoms with E-state index >= 15 is 0 Å². The molecule has 0 aliphatic rings. The van der Waals surface area contributed by atoms with E-state index in [2.05, 4.69) is 88.2 Å². The summed E-state index contributed by atoms with van der Waals surface area (Å²) in [4.78, 5) is 9.01. The number of aromatic nitrogens is 1. The number of hydrogen-bond donors (Lipinski definition) is 2. The predicted molar refractivity (Wildman–Crippen MR) is 127 cm³/mol. The smallest absolute Gasteiger partial charge is 0.191 e. The molecule has 0 aliphatic carbocycles. The summed E-state index contributed by atoms with van der Waals surface area (Å²) in [5.74, 6) is 1.06. The van der Waals surface area contributed by atoms with Crippen LogP contribution in [0.5, 0.6) is 0 Å². The van der Waals surface area contributed by atoms with Crippen molar-refractivity contribution in [1.29, 1.82) is 0 Å². The Morgan fingerprint density at radius 1 is 0.857 bits per heavy atom. The number of guanidine groups is 1. The molecule has 0 fully saturated rings. The fourth-order valence-electron chi connectivity index (χ4n) is 2.99. The standard InChI is InChI=1S/C23H26N4.HI/c1-2-24-23(26-17-21-15-9-10-16-25-21)27-18-22(19-11-5-3-6-12-19)20-13-7-4-8-14-20;/h3-16,22H,2,17-18H2,1H3,(H2,24,26,27);1H. The molecule has 0 radical (unpaired) electrons. The first kappa shape index (κ1) is 21.9. The Morgan fingerprint density at radius 3 is 2.00 bits per heavy atom. The molecule has 28 heavy (non-hydrogen) atoms. The third kappa shape index (κ3) is 6.64. The molecule has 3 aromatic rings.